The summed E-state index contributed by atoms with van der Waals surface area (Å²) in [4.78, 5) is 22.7. The van der Waals surface area contributed by atoms with Crippen molar-refractivity contribution in [1.82, 2.24) is 5.32 Å². The van der Waals surface area contributed by atoms with Crippen LogP contribution in [-0.2, 0) is 16.1 Å². The zero-order chi connectivity index (χ0) is 20.6. The summed E-state index contributed by atoms with van der Waals surface area (Å²) in [5.74, 6) is -1.18. The number of amides is 2. The Morgan fingerprint density at radius 3 is 2.04 bits per heavy atom. The van der Waals surface area contributed by atoms with E-state index in [1.165, 1.54) is 24.3 Å². The zero-order valence-electron chi connectivity index (χ0n) is 15.0. The summed E-state index contributed by atoms with van der Waals surface area (Å²) < 4.78 is 47.3. The monoisotopic (exact) mass is 396 g/mol. The molecule has 0 unspecified atom stereocenters. The van der Waals surface area contributed by atoms with Crippen LogP contribution in [0.4, 0.5) is 18.9 Å². The molecule has 0 heterocycles. The summed E-state index contributed by atoms with van der Waals surface area (Å²) in [5, 5.41) is 4.37. The molecule has 2 amide bonds. The van der Waals surface area contributed by atoms with Gasteiger partial charge in [-0.05, 0) is 48.9 Å². The zero-order valence-corrected chi connectivity index (χ0v) is 15.0. The predicted molar refractivity (Wildman–Crippen MR) is 96.1 cm³/mol. The molecule has 0 aliphatic rings. The summed E-state index contributed by atoms with van der Waals surface area (Å²) in [6.07, 6.45) is -4.95. The molecular weight excluding hydrogens is 377 g/mol. The van der Waals surface area contributed by atoms with Gasteiger partial charge in [0.05, 0.1) is 6.61 Å². The Labute approximate surface area is 159 Å². The quantitative estimate of drug-likeness (QED) is 0.718. The van der Waals surface area contributed by atoms with Gasteiger partial charge in [-0.2, -0.15) is 13.2 Å². The molecule has 0 saturated heterocycles. The lowest BCUT2D eigenvalue weighted by Gasteiger charge is -2.10. The Balaban J connectivity index is 1.75. The molecule has 0 radical (unpaired) electrons. The maximum atomic E-state index is 12.2. The average Bonchev–Trinajstić information content (AvgIpc) is 2.66. The Hall–Kier alpha value is -3.23. The molecular formula is C19H19F3N2O4. The number of alkyl halides is 3. The van der Waals surface area contributed by atoms with Crippen LogP contribution in [0.25, 0.3) is 0 Å². The number of rotatable bonds is 8. The number of carbonyl (C=O) groups excluding carboxylic acids is 2. The van der Waals surface area contributed by atoms with Crippen LogP contribution in [0.1, 0.15) is 12.5 Å². The van der Waals surface area contributed by atoms with E-state index in [0.29, 0.717) is 23.7 Å². The number of hydrogen-bond acceptors (Lipinski definition) is 4. The average molecular weight is 396 g/mol. The molecule has 0 fully saturated rings. The third-order valence-electron chi connectivity index (χ3n) is 3.46. The van der Waals surface area contributed by atoms with E-state index >= 15 is 0 Å². The van der Waals surface area contributed by atoms with Crippen LogP contribution in [-0.4, -0.2) is 31.2 Å². The number of nitrogens with one attached hydrogen (secondary N) is 2. The first-order valence-corrected chi connectivity index (χ1v) is 8.37. The van der Waals surface area contributed by atoms with Crippen LogP contribution in [0.15, 0.2) is 48.5 Å². The fraction of sp³-hybridized carbons (Fsp3) is 0.263. The van der Waals surface area contributed by atoms with Gasteiger partial charge in [0, 0.05) is 12.2 Å². The molecule has 0 aliphatic heterocycles. The molecule has 150 valence electrons. The van der Waals surface area contributed by atoms with Crippen LogP contribution in [0.2, 0.25) is 0 Å². The maximum Gasteiger partial charge on any atom is 0.471 e. The highest BCUT2D eigenvalue weighted by molar-refractivity contribution is 5.94. The third-order valence-corrected chi connectivity index (χ3v) is 3.46. The van der Waals surface area contributed by atoms with Gasteiger partial charge in [0.2, 0.25) is 0 Å². The number of anilines is 1. The van der Waals surface area contributed by atoms with Crippen molar-refractivity contribution < 1.29 is 32.2 Å². The van der Waals surface area contributed by atoms with Crippen molar-refractivity contribution in [2.45, 2.75) is 19.6 Å². The number of hydrogen-bond donors (Lipinski definition) is 2. The highest BCUT2D eigenvalue weighted by atomic mass is 19.4. The van der Waals surface area contributed by atoms with E-state index < -0.39 is 12.1 Å². The molecule has 0 atom stereocenters. The summed E-state index contributed by atoms with van der Waals surface area (Å²) >= 11 is 0. The largest absolute Gasteiger partial charge is 0.494 e. The molecule has 0 bridgehead atoms. The fourth-order valence-corrected chi connectivity index (χ4v) is 2.11. The highest BCUT2D eigenvalue weighted by Crippen LogP contribution is 2.19. The van der Waals surface area contributed by atoms with Crippen LogP contribution in [0.5, 0.6) is 11.5 Å². The first-order chi connectivity index (χ1) is 13.3. The Morgan fingerprint density at radius 2 is 1.50 bits per heavy atom. The number of halogens is 3. The molecule has 2 aromatic carbocycles. The van der Waals surface area contributed by atoms with E-state index in [1.807, 2.05) is 6.92 Å². The number of benzene rings is 2. The van der Waals surface area contributed by atoms with Crippen molar-refractivity contribution in [2.24, 2.45) is 0 Å². The van der Waals surface area contributed by atoms with E-state index in [1.54, 1.807) is 29.6 Å². The molecule has 0 saturated carbocycles. The van der Waals surface area contributed by atoms with Crippen LogP contribution >= 0.6 is 0 Å². The van der Waals surface area contributed by atoms with Crippen molar-refractivity contribution in [3.8, 4) is 11.5 Å². The lowest BCUT2D eigenvalue weighted by Crippen LogP contribution is -2.30. The van der Waals surface area contributed by atoms with Crippen LogP contribution in [0.3, 0.4) is 0 Å². The van der Waals surface area contributed by atoms with Crippen molar-refractivity contribution in [3.05, 3.63) is 54.1 Å². The minimum absolute atomic E-state index is 0.0104. The van der Waals surface area contributed by atoms with Gasteiger partial charge in [-0.1, -0.05) is 12.1 Å². The summed E-state index contributed by atoms with van der Waals surface area (Å²) in [6, 6.07) is 12.5. The second-order valence-electron chi connectivity index (χ2n) is 5.62. The van der Waals surface area contributed by atoms with Gasteiger partial charge >= 0.3 is 12.1 Å². The molecule has 0 spiro atoms. The van der Waals surface area contributed by atoms with Crippen molar-refractivity contribution >= 4 is 17.5 Å². The number of carbonyl (C=O) groups is 2. The van der Waals surface area contributed by atoms with Crippen molar-refractivity contribution in [3.63, 3.8) is 0 Å². The Morgan fingerprint density at radius 1 is 0.929 bits per heavy atom. The molecule has 2 rings (SSSR count). The molecule has 9 heteroatoms. The smallest absolute Gasteiger partial charge is 0.471 e. The lowest BCUT2D eigenvalue weighted by atomic mass is 10.2. The van der Waals surface area contributed by atoms with E-state index in [9.17, 15) is 22.8 Å². The third kappa shape index (κ3) is 6.82. The first kappa shape index (κ1) is 21.1. The Bertz CT molecular complexity index is 790. The standard InChI is InChI=1S/C19H19F3N2O4/c1-2-27-15-7-9-16(10-8-15)28-12-17(25)23-11-13-3-5-14(6-4-13)24-18(26)19(20,21)22/h3-10H,2,11-12H2,1H3,(H,23,25)(H,24,26). The van der Waals surface area contributed by atoms with E-state index in [0.717, 1.165) is 0 Å². The summed E-state index contributed by atoms with van der Waals surface area (Å²) in [5.41, 5.74) is 0.663. The fourth-order valence-electron chi connectivity index (χ4n) is 2.11. The molecule has 2 aromatic rings. The van der Waals surface area contributed by atoms with Crippen molar-refractivity contribution in [2.75, 3.05) is 18.5 Å². The number of ether oxygens (including phenoxy) is 2. The predicted octanol–water partition coefficient (Wildman–Crippen LogP) is 3.28. The molecule has 0 aromatic heterocycles. The highest BCUT2D eigenvalue weighted by Gasteiger charge is 2.38. The second-order valence-corrected chi connectivity index (χ2v) is 5.62. The van der Waals surface area contributed by atoms with E-state index in [-0.39, 0.29) is 24.7 Å². The van der Waals surface area contributed by atoms with Gasteiger partial charge in [0.1, 0.15) is 11.5 Å². The topological polar surface area (TPSA) is 76.7 Å². The summed E-state index contributed by atoms with van der Waals surface area (Å²) in [6.45, 7) is 2.41. The van der Waals surface area contributed by atoms with Crippen molar-refractivity contribution in [1.29, 1.82) is 0 Å². The van der Waals surface area contributed by atoms with Gasteiger partial charge in [0.25, 0.3) is 5.91 Å². The van der Waals surface area contributed by atoms with Crippen LogP contribution in [0, 0.1) is 0 Å². The van der Waals surface area contributed by atoms with Gasteiger partial charge in [0.15, 0.2) is 6.61 Å². The molecule has 6 nitrogen and oxygen atoms in total. The van der Waals surface area contributed by atoms with Gasteiger partial charge in [-0.3, -0.25) is 9.59 Å². The van der Waals surface area contributed by atoms with Gasteiger partial charge in [-0.15, -0.1) is 0 Å². The molecule has 28 heavy (non-hydrogen) atoms. The van der Waals surface area contributed by atoms with Crippen LogP contribution < -0.4 is 20.1 Å². The molecule has 2 N–H and O–H groups in total. The SMILES string of the molecule is CCOc1ccc(OCC(=O)NCc2ccc(NC(=O)C(F)(F)F)cc2)cc1. The lowest BCUT2D eigenvalue weighted by molar-refractivity contribution is -0.167. The normalized spacial score (nSPS) is 10.9. The summed E-state index contributed by atoms with van der Waals surface area (Å²) in [7, 11) is 0. The molecule has 0 aliphatic carbocycles. The van der Waals surface area contributed by atoms with Gasteiger partial charge in [-0.25, -0.2) is 0 Å². The van der Waals surface area contributed by atoms with E-state index in [2.05, 4.69) is 5.32 Å². The minimum Gasteiger partial charge on any atom is -0.494 e. The first-order valence-electron chi connectivity index (χ1n) is 8.37. The minimum atomic E-state index is -4.95. The Kier molecular flexibility index (Phi) is 7.25. The maximum absolute atomic E-state index is 12.2. The van der Waals surface area contributed by atoms with E-state index in [4.69, 9.17) is 9.47 Å². The van der Waals surface area contributed by atoms with Gasteiger partial charge < -0.3 is 20.1 Å². The second kappa shape index (κ2) is 9.63.